The van der Waals surface area contributed by atoms with Crippen LogP contribution >= 0.6 is 11.3 Å². The van der Waals surface area contributed by atoms with Crippen molar-refractivity contribution in [2.75, 3.05) is 0 Å². The predicted octanol–water partition coefficient (Wildman–Crippen LogP) is 14.9. The van der Waals surface area contributed by atoms with E-state index in [1.807, 2.05) is 11.3 Å². The zero-order chi connectivity index (χ0) is 37.2. The van der Waals surface area contributed by atoms with Crippen molar-refractivity contribution in [1.82, 2.24) is 9.55 Å². The minimum Gasteiger partial charge on any atom is -0.296 e. The molecular weight excluding hydrogens is 697 g/mol. The van der Waals surface area contributed by atoms with Gasteiger partial charge < -0.3 is 0 Å². The Morgan fingerprint density at radius 1 is 0.446 bits per heavy atom. The number of thiophene rings is 1. The van der Waals surface area contributed by atoms with Gasteiger partial charge in [-0.1, -0.05) is 153 Å². The summed E-state index contributed by atoms with van der Waals surface area (Å²) in [7, 11) is 0. The summed E-state index contributed by atoms with van der Waals surface area (Å²) < 4.78 is 4.92. The number of benzene rings is 9. The molecule has 9 aromatic carbocycles. The molecule has 11 rings (SSSR count). The van der Waals surface area contributed by atoms with E-state index >= 15 is 0 Å². The van der Waals surface area contributed by atoms with Crippen LogP contribution in [-0.4, -0.2) is 9.55 Å². The number of fused-ring (bicyclic) bond motifs is 6. The Hall–Kier alpha value is -6.81. The molecule has 0 N–H and O–H groups in total. The predicted molar refractivity (Wildman–Crippen MR) is 240 cm³/mol. The van der Waals surface area contributed by atoms with Crippen LogP contribution in [0.25, 0.3) is 103 Å². The summed E-state index contributed by atoms with van der Waals surface area (Å²) in [5, 5.41) is 7.69. The summed E-state index contributed by atoms with van der Waals surface area (Å²) in [4.78, 5) is 4.90. The van der Waals surface area contributed by atoms with E-state index in [1.165, 1.54) is 86.2 Å². The van der Waals surface area contributed by atoms with Crippen molar-refractivity contribution < 1.29 is 0 Å². The molecule has 0 atom stereocenters. The van der Waals surface area contributed by atoms with Crippen LogP contribution < -0.4 is 0 Å². The molecule has 0 aliphatic heterocycles. The van der Waals surface area contributed by atoms with Crippen LogP contribution in [0, 0.1) is 0 Å². The molecule has 0 aliphatic carbocycles. The Bertz CT molecular complexity index is 3260. The molecule has 11 aromatic rings. The molecule has 0 radical (unpaired) electrons. The molecule has 2 heterocycles. The number of aryl methyl sites for hydroxylation is 1. The molecule has 0 bridgehead atoms. The SMILES string of the molecule is CCc1nc2ccccc2n1-c1ccc(-c2ccc(-c3c4ccccc4c(-c4cccc5sc6ccccc6c45)c4cc(-c5ccccc5)ccc34)cc2)cc1. The van der Waals surface area contributed by atoms with Gasteiger partial charge in [-0.05, 0) is 109 Å². The lowest BCUT2D eigenvalue weighted by Crippen LogP contribution is -1.99. The minimum atomic E-state index is 0.871. The van der Waals surface area contributed by atoms with Gasteiger partial charge in [0.25, 0.3) is 0 Å². The van der Waals surface area contributed by atoms with E-state index in [0.717, 1.165) is 29.0 Å². The third-order valence-corrected chi connectivity index (χ3v) is 12.5. The highest BCUT2D eigenvalue weighted by atomic mass is 32.1. The molecular formula is C53H36N2S. The van der Waals surface area contributed by atoms with Crippen LogP contribution in [0.4, 0.5) is 0 Å². The number of para-hydroxylation sites is 2. The Morgan fingerprint density at radius 3 is 1.82 bits per heavy atom. The second-order valence-corrected chi connectivity index (χ2v) is 15.6. The van der Waals surface area contributed by atoms with E-state index in [-0.39, 0.29) is 0 Å². The largest absolute Gasteiger partial charge is 0.296 e. The highest BCUT2D eigenvalue weighted by Crippen LogP contribution is 2.48. The summed E-state index contributed by atoms with van der Waals surface area (Å²) in [6.45, 7) is 2.17. The van der Waals surface area contributed by atoms with Crippen molar-refractivity contribution in [1.29, 1.82) is 0 Å². The molecule has 3 heteroatoms. The van der Waals surface area contributed by atoms with Gasteiger partial charge in [-0.2, -0.15) is 0 Å². The van der Waals surface area contributed by atoms with E-state index in [9.17, 15) is 0 Å². The van der Waals surface area contributed by atoms with E-state index < -0.39 is 0 Å². The molecule has 56 heavy (non-hydrogen) atoms. The van der Waals surface area contributed by atoms with E-state index in [1.54, 1.807) is 0 Å². The third kappa shape index (κ3) is 5.20. The Morgan fingerprint density at radius 2 is 1.04 bits per heavy atom. The Kier molecular flexibility index (Phi) is 7.68. The van der Waals surface area contributed by atoms with Crippen molar-refractivity contribution in [3.05, 3.63) is 194 Å². The van der Waals surface area contributed by atoms with Gasteiger partial charge in [0.05, 0.1) is 11.0 Å². The lowest BCUT2D eigenvalue weighted by atomic mass is 9.83. The average molecular weight is 733 g/mol. The molecule has 0 saturated heterocycles. The average Bonchev–Trinajstić information content (AvgIpc) is 3.85. The van der Waals surface area contributed by atoms with Gasteiger partial charge in [-0.3, -0.25) is 4.57 Å². The van der Waals surface area contributed by atoms with Crippen molar-refractivity contribution in [3.63, 3.8) is 0 Å². The maximum Gasteiger partial charge on any atom is 0.114 e. The minimum absolute atomic E-state index is 0.871. The summed E-state index contributed by atoms with van der Waals surface area (Å²) >= 11 is 1.88. The van der Waals surface area contributed by atoms with Crippen molar-refractivity contribution in [3.8, 4) is 50.2 Å². The van der Waals surface area contributed by atoms with Crippen molar-refractivity contribution in [2.24, 2.45) is 0 Å². The summed E-state index contributed by atoms with van der Waals surface area (Å²) in [5.41, 5.74) is 13.2. The van der Waals surface area contributed by atoms with Crippen molar-refractivity contribution >= 4 is 64.1 Å². The first kappa shape index (κ1) is 32.6. The van der Waals surface area contributed by atoms with Gasteiger partial charge in [0.1, 0.15) is 5.82 Å². The lowest BCUT2D eigenvalue weighted by molar-refractivity contribution is 0.908. The number of hydrogen-bond donors (Lipinski definition) is 0. The van der Waals surface area contributed by atoms with Crippen LogP contribution in [0.3, 0.4) is 0 Å². The molecule has 0 fully saturated rings. The quantitative estimate of drug-likeness (QED) is 0.156. The first-order valence-electron chi connectivity index (χ1n) is 19.4. The Labute approximate surface area is 329 Å². The summed E-state index contributed by atoms with van der Waals surface area (Å²) in [6.07, 6.45) is 0.871. The zero-order valence-electron chi connectivity index (χ0n) is 30.9. The summed E-state index contributed by atoms with van der Waals surface area (Å²) in [5.74, 6) is 1.07. The second kappa shape index (κ2) is 13.2. The van der Waals surface area contributed by atoms with Gasteiger partial charge in [0.15, 0.2) is 0 Å². The molecule has 2 nitrogen and oxygen atoms in total. The van der Waals surface area contributed by atoms with Crippen LogP contribution in [0.15, 0.2) is 188 Å². The van der Waals surface area contributed by atoms with Crippen LogP contribution in [0.5, 0.6) is 0 Å². The number of aromatic nitrogens is 2. The summed E-state index contributed by atoms with van der Waals surface area (Å²) in [6, 6.07) is 69.0. The standard InChI is InChI=1S/C53H36N2S/c1-2-50-54-46-19-9-10-20-47(46)55(50)39-30-27-36(28-31-39)35-23-25-37(26-24-35)51-40-15-6-7-16-41(40)52(45-33-38(29-32-42(45)51)34-13-4-3-5-14-34)44-18-12-22-49-53(44)43-17-8-11-21-48(43)56-49/h3-33H,2H2,1H3. The van der Waals surface area contributed by atoms with Gasteiger partial charge in [-0.25, -0.2) is 4.98 Å². The molecule has 0 unspecified atom stereocenters. The first-order valence-corrected chi connectivity index (χ1v) is 20.2. The monoisotopic (exact) mass is 732 g/mol. The number of hydrogen-bond acceptors (Lipinski definition) is 2. The molecule has 0 spiro atoms. The zero-order valence-corrected chi connectivity index (χ0v) is 31.7. The third-order valence-electron chi connectivity index (χ3n) is 11.4. The number of rotatable bonds is 6. The lowest BCUT2D eigenvalue weighted by Gasteiger charge is -2.19. The fourth-order valence-corrected chi connectivity index (χ4v) is 9.94. The first-order chi connectivity index (χ1) is 27.7. The number of nitrogens with zero attached hydrogens (tertiary/aromatic N) is 2. The van der Waals surface area contributed by atoms with E-state index in [2.05, 4.69) is 200 Å². The Balaban J connectivity index is 1.09. The molecule has 0 aliphatic rings. The molecule has 264 valence electrons. The molecule has 0 saturated carbocycles. The van der Waals surface area contributed by atoms with Crippen LogP contribution in [-0.2, 0) is 6.42 Å². The van der Waals surface area contributed by atoms with E-state index in [4.69, 9.17) is 4.98 Å². The highest BCUT2D eigenvalue weighted by Gasteiger charge is 2.20. The smallest absolute Gasteiger partial charge is 0.114 e. The molecule has 0 amide bonds. The fraction of sp³-hybridized carbons (Fsp3) is 0.0377. The van der Waals surface area contributed by atoms with Crippen LogP contribution in [0.2, 0.25) is 0 Å². The van der Waals surface area contributed by atoms with Crippen LogP contribution in [0.1, 0.15) is 12.7 Å². The second-order valence-electron chi connectivity index (χ2n) is 14.5. The van der Waals surface area contributed by atoms with Crippen molar-refractivity contribution in [2.45, 2.75) is 13.3 Å². The van der Waals surface area contributed by atoms with Gasteiger partial charge in [-0.15, -0.1) is 11.3 Å². The number of imidazole rings is 1. The maximum atomic E-state index is 4.90. The topological polar surface area (TPSA) is 17.8 Å². The maximum absolute atomic E-state index is 4.90. The van der Waals surface area contributed by atoms with Gasteiger partial charge in [0.2, 0.25) is 0 Å². The fourth-order valence-electron chi connectivity index (χ4n) is 8.81. The normalized spacial score (nSPS) is 11.7. The highest BCUT2D eigenvalue weighted by molar-refractivity contribution is 7.26. The van der Waals surface area contributed by atoms with Gasteiger partial charge in [0, 0.05) is 32.3 Å². The van der Waals surface area contributed by atoms with Gasteiger partial charge >= 0.3 is 0 Å². The molecule has 2 aromatic heterocycles. The van der Waals surface area contributed by atoms with E-state index in [0.29, 0.717) is 0 Å².